The van der Waals surface area contributed by atoms with Crippen LogP contribution in [0.5, 0.6) is 5.75 Å². The molecule has 0 aliphatic carbocycles. The van der Waals surface area contributed by atoms with Crippen molar-refractivity contribution >= 4 is 22.8 Å². The van der Waals surface area contributed by atoms with Crippen molar-refractivity contribution in [1.82, 2.24) is 5.32 Å². The second-order valence-corrected chi connectivity index (χ2v) is 6.10. The molecule has 0 radical (unpaired) electrons. The summed E-state index contributed by atoms with van der Waals surface area (Å²) in [5, 5.41) is 22.2. The number of aromatic hydroxyl groups is 1. The normalized spacial score (nSPS) is 11.9. The zero-order chi connectivity index (χ0) is 19.6. The van der Waals surface area contributed by atoms with Crippen LogP contribution in [0.2, 0.25) is 0 Å². The minimum absolute atomic E-state index is 0.0257. The molecule has 1 heterocycles. The largest absolute Gasteiger partial charge is 0.508 e. The lowest BCUT2D eigenvalue weighted by Crippen LogP contribution is -2.34. The Kier molecular flexibility index (Phi) is 4.94. The average Bonchev–Trinajstić information content (AvgIpc) is 2.63. The third kappa shape index (κ3) is 3.82. The van der Waals surface area contributed by atoms with Gasteiger partial charge in [0.05, 0.1) is 6.42 Å². The maximum atomic E-state index is 12.5. The van der Waals surface area contributed by atoms with Gasteiger partial charge in [-0.15, -0.1) is 0 Å². The summed E-state index contributed by atoms with van der Waals surface area (Å²) in [6.45, 7) is 1.60. The lowest BCUT2D eigenvalue weighted by molar-refractivity contribution is -0.141. The number of carbonyl (C=O) groups is 2. The first-order valence-electron chi connectivity index (χ1n) is 8.19. The number of carboxylic acid groups (broad SMARTS) is 1. The highest BCUT2D eigenvalue weighted by Crippen LogP contribution is 2.27. The standard InChI is InChI=1S/C20H17NO6/c1-11-15(22)8-7-14-13(10-17(24)27-19(11)14)9-16(23)21-18(20(25)26)12-5-3-2-4-6-12/h2-8,10,18,22H,9H2,1H3,(H,21,23)(H,25,26)/t18-/m1/s1. The van der Waals surface area contributed by atoms with Crippen LogP contribution < -0.4 is 10.9 Å². The molecular weight excluding hydrogens is 350 g/mol. The monoisotopic (exact) mass is 367 g/mol. The Labute approximate surface area is 153 Å². The van der Waals surface area contributed by atoms with Gasteiger partial charge in [-0.05, 0) is 30.2 Å². The molecule has 2 aromatic carbocycles. The molecule has 3 rings (SSSR count). The van der Waals surface area contributed by atoms with E-state index in [1.807, 2.05) is 0 Å². The highest BCUT2D eigenvalue weighted by Gasteiger charge is 2.22. The lowest BCUT2D eigenvalue weighted by Gasteiger charge is -2.15. The number of aryl methyl sites for hydroxylation is 1. The number of phenols is 1. The van der Waals surface area contributed by atoms with Gasteiger partial charge >= 0.3 is 11.6 Å². The van der Waals surface area contributed by atoms with Crippen LogP contribution in [-0.4, -0.2) is 22.1 Å². The smallest absolute Gasteiger partial charge is 0.336 e. The number of phenolic OH excluding ortho intramolecular Hbond substituents is 1. The van der Waals surface area contributed by atoms with Gasteiger partial charge in [-0.2, -0.15) is 0 Å². The van der Waals surface area contributed by atoms with Gasteiger partial charge in [0.15, 0.2) is 6.04 Å². The van der Waals surface area contributed by atoms with Gasteiger partial charge in [-0.25, -0.2) is 9.59 Å². The molecule has 0 spiro atoms. The molecule has 0 aliphatic rings. The van der Waals surface area contributed by atoms with Crippen molar-refractivity contribution < 1.29 is 24.2 Å². The van der Waals surface area contributed by atoms with Crippen LogP contribution in [-0.2, 0) is 16.0 Å². The second kappa shape index (κ2) is 7.33. The first kappa shape index (κ1) is 18.2. The Balaban J connectivity index is 1.91. The van der Waals surface area contributed by atoms with Crippen molar-refractivity contribution in [1.29, 1.82) is 0 Å². The third-order valence-electron chi connectivity index (χ3n) is 4.25. The highest BCUT2D eigenvalue weighted by atomic mass is 16.4. The van der Waals surface area contributed by atoms with Crippen molar-refractivity contribution in [2.45, 2.75) is 19.4 Å². The van der Waals surface area contributed by atoms with Crippen molar-refractivity contribution in [3.05, 3.63) is 75.6 Å². The molecular formula is C20H17NO6. The van der Waals surface area contributed by atoms with E-state index >= 15 is 0 Å². The summed E-state index contributed by atoms with van der Waals surface area (Å²) in [6.07, 6.45) is -0.205. The van der Waals surface area contributed by atoms with Crippen molar-refractivity contribution in [2.75, 3.05) is 0 Å². The van der Waals surface area contributed by atoms with E-state index in [-0.39, 0.29) is 17.8 Å². The molecule has 7 heteroatoms. The van der Waals surface area contributed by atoms with Gasteiger partial charge in [0.2, 0.25) is 5.91 Å². The average molecular weight is 367 g/mol. The predicted molar refractivity (Wildman–Crippen MR) is 97.6 cm³/mol. The molecule has 7 nitrogen and oxygen atoms in total. The van der Waals surface area contributed by atoms with Gasteiger partial charge < -0.3 is 19.9 Å². The van der Waals surface area contributed by atoms with Gasteiger partial charge in [0.1, 0.15) is 11.3 Å². The zero-order valence-corrected chi connectivity index (χ0v) is 14.4. The highest BCUT2D eigenvalue weighted by molar-refractivity contribution is 5.91. The number of hydrogen-bond donors (Lipinski definition) is 3. The summed E-state index contributed by atoms with van der Waals surface area (Å²) < 4.78 is 5.14. The van der Waals surface area contributed by atoms with Gasteiger partial charge in [0, 0.05) is 17.0 Å². The Bertz CT molecular complexity index is 1070. The number of fused-ring (bicyclic) bond motifs is 1. The van der Waals surface area contributed by atoms with Gasteiger partial charge in [0.25, 0.3) is 0 Å². The molecule has 3 N–H and O–H groups in total. The van der Waals surface area contributed by atoms with Crippen LogP contribution in [0.3, 0.4) is 0 Å². The fourth-order valence-corrected chi connectivity index (χ4v) is 2.88. The van der Waals surface area contributed by atoms with E-state index in [1.165, 1.54) is 12.1 Å². The first-order chi connectivity index (χ1) is 12.9. The number of carboxylic acids is 1. The van der Waals surface area contributed by atoms with Crippen molar-refractivity contribution in [3.8, 4) is 5.75 Å². The molecule has 138 valence electrons. The van der Waals surface area contributed by atoms with E-state index < -0.39 is 23.5 Å². The van der Waals surface area contributed by atoms with E-state index in [9.17, 15) is 24.6 Å². The second-order valence-electron chi connectivity index (χ2n) is 6.10. The maximum absolute atomic E-state index is 12.5. The number of nitrogens with one attached hydrogen (secondary N) is 1. The molecule has 1 aromatic heterocycles. The molecule has 0 unspecified atom stereocenters. The SMILES string of the molecule is Cc1c(O)ccc2c(CC(=O)N[C@@H](C(=O)O)c3ccccc3)cc(=O)oc12. The van der Waals surface area contributed by atoms with E-state index in [0.717, 1.165) is 0 Å². The van der Waals surface area contributed by atoms with Crippen LogP contribution in [0.25, 0.3) is 11.0 Å². The van der Waals surface area contributed by atoms with Crippen LogP contribution in [0.15, 0.2) is 57.7 Å². The van der Waals surface area contributed by atoms with Crippen molar-refractivity contribution in [3.63, 3.8) is 0 Å². The quantitative estimate of drug-likeness (QED) is 0.596. The summed E-state index contributed by atoms with van der Waals surface area (Å²) in [7, 11) is 0. The topological polar surface area (TPSA) is 117 Å². The van der Waals surface area contributed by atoms with Gasteiger partial charge in [-0.1, -0.05) is 30.3 Å². The number of hydrogen-bond acceptors (Lipinski definition) is 5. The van der Waals surface area contributed by atoms with Crippen LogP contribution in [0.1, 0.15) is 22.7 Å². The lowest BCUT2D eigenvalue weighted by atomic mass is 10.0. The van der Waals surface area contributed by atoms with Crippen LogP contribution in [0.4, 0.5) is 0 Å². The minimum atomic E-state index is -1.20. The zero-order valence-electron chi connectivity index (χ0n) is 14.4. The first-order valence-corrected chi connectivity index (χ1v) is 8.19. The molecule has 1 atom stereocenters. The van der Waals surface area contributed by atoms with Gasteiger partial charge in [-0.3, -0.25) is 4.79 Å². The molecule has 0 fully saturated rings. The van der Waals surface area contributed by atoms with E-state index in [2.05, 4.69) is 5.32 Å². The molecule has 1 amide bonds. The third-order valence-corrected chi connectivity index (χ3v) is 4.25. The molecule has 0 saturated heterocycles. The van der Waals surface area contributed by atoms with E-state index in [0.29, 0.717) is 22.1 Å². The minimum Gasteiger partial charge on any atom is -0.508 e. The molecule has 0 saturated carbocycles. The Hall–Kier alpha value is -3.61. The number of carbonyl (C=O) groups excluding carboxylic acids is 1. The Morgan fingerprint density at radius 2 is 1.85 bits per heavy atom. The Morgan fingerprint density at radius 3 is 2.52 bits per heavy atom. The molecule has 0 aliphatic heterocycles. The summed E-state index contributed by atoms with van der Waals surface area (Å²) in [6, 6.07) is 11.3. The molecule has 27 heavy (non-hydrogen) atoms. The molecule has 0 bridgehead atoms. The number of aliphatic carboxylic acids is 1. The number of benzene rings is 2. The molecule has 3 aromatic rings. The van der Waals surface area contributed by atoms with E-state index in [4.69, 9.17) is 4.42 Å². The summed E-state index contributed by atoms with van der Waals surface area (Å²) in [5.41, 5.74) is 0.759. The van der Waals surface area contributed by atoms with E-state index in [1.54, 1.807) is 43.3 Å². The van der Waals surface area contributed by atoms with Crippen LogP contribution in [0, 0.1) is 6.92 Å². The summed E-state index contributed by atoms with van der Waals surface area (Å²) >= 11 is 0. The predicted octanol–water partition coefficient (Wildman–Crippen LogP) is 2.29. The maximum Gasteiger partial charge on any atom is 0.336 e. The number of amides is 1. The Morgan fingerprint density at radius 1 is 1.15 bits per heavy atom. The fraction of sp³-hybridized carbons (Fsp3) is 0.150. The summed E-state index contributed by atoms with van der Waals surface area (Å²) in [5.74, 6) is -1.76. The van der Waals surface area contributed by atoms with Crippen LogP contribution >= 0.6 is 0 Å². The number of rotatable bonds is 5. The fourth-order valence-electron chi connectivity index (χ4n) is 2.88. The van der Waals surface area contributed by atoms with Crippen molar-refractivity contribution in [2.24, 2.45) is 0 Å². The summed E-state index contributed by atoms with van der Waals surface area (Å²) in [4.78, 5) is 35.8.